The zero-order chi connectivity index (χ0) is 19.2. The van der Waals surface area contributed by atoms with Crippen molar-refractivity contribution in [1.82, 2.24) is 10.6 Å². The summed E-state index contributed by atoms with van der Waals surface area (Å²) in [7, 11) is 0. The molecule has 0 fully saturated rings. The minimum absolute atomic E-state index is 0.131. The van der Waals surface area contributed by atoms with Gasteiger partial charge in [0.15, 0.2) is 0 Å². The second-order valence-electron chi connectivity index (χ2n) is 5.44. The first-order valence-corrected chi connectivity index (χ1v) is 9.37. The van der Waals surface area contributed by atoms with Crippen molar-refractivity contribution in [1.29, 1.82) is 0 Å². The second-order valence-corrected chi connectivity index (χ2v) is 5.44. The zero-order valence-corrected chi connectivity index (χ0v) is 16.9. The van der Waals surface area contributed by atoms with Gasteiger partial charge in [0.25, 0.3) is 0 Å². The first kappa shape index (κ1) is 26.7. The fourth-order valence-electron chi connectivity index (χ4n) is 1.59. The predicted molar refractivity (Wildman–Crippen MR) is 101 cm³/mol. The number of ketones is 1. The smallest absolute Gasteiger partial charge is 0.143 e. The van der Waals surface area contributed by atoms with Crippen molar-refractivity contribution in [3.63, 3.8) is 0 Å². The molecule has 0 aliphatic carbocycles. The zero-order valence-electron chi connectivity index (χ0n) is 16.9. The van der Waals surface area contributed by atoms with Crippen LogP contribution in [0.3, 0.4) is 0 Å². The second kappa shape index (κ2) is 23.4. The van der Waals surface area contributed by atoms with Crippen LogP contribution in [0.2, 0.25) is 0 Å². The van der Waals surface area contributed by atoms with Crippen LogP contribution in [0, 0.1) is 0 Å². The highest BCUT2D eigenvalue weighted by Gasteiger charge is 1.95. The lowest BCUT2D eigenvalue weighted by atomic mass is 10.4. The molecule has 152 valence electrons. The molecule has 25 heavy (non-hydrogen) atoms. The van der Waals surface area contributed by atoms with Gasteiger partial charge in [0.05, 0.1) is 59.4 Å². The molecule has 0 radical (unpaired) electrons. The number of hydrogen-bond donors (Lipinski definition) is 2. The van der Waals surface area contributed by atoms with Crippen LogP contribution in [0.4, 0.5) is 0 Å². The van der Waals surface area contributed by atoms with Crippen molar-refractivity contribution in [3.8, 4) is 0 Å². The van der Waals surface area contributed by atoms with Crippen LogP contribution in [0.25, 0.3) is 0 Å². The summed E-state index contributed by atoms with van der Waals surface area (Å²) in [6.45, 7) is 16.4. The fourth-order valence-corrected chi connectivity index (χ4v) is 1.59. The lowest BCUT2D eigenvalue weighted by Gasteiger charge is -2.09. The third-order valence-corrected chi connectivity index (χ3v) is 2.71. The number of carbonyl (C=O) groups excluding carboxylic acids is 1. The molecule has 0 rings (SSSR count). The lowest BCUT2D eigenvalue weighted by molar-refractivity contribution is -0.116. The summed E-state index contributed by atoms with van der Waals surface area (Å²) in [4.78, 5) is 10.7. The van der Waals surface area contributed by atoms with Crippen LogP contribution in [-0.2, 0) is 23.7 Å². The highest BCUT2D eigenvalue weighted by molar-refractivity contribution is 5.77. The van der Waals surface area contributed by atoms with Gasteiger partial charge in [0.1, 0.15) is 5.78 Å². The molecule has 0 aliphatic rings. The summed E-state index contributed by atoms with van der Waals surface area (Å²) >= 11 is 0. The molecule has 0 amide bonds. The molecule has 0 saturated carbocycles. The Bertz CT molecular complexity index is 266. The van der Waals surface area contributed by atoms with Gasteiger partial charge in [-0.3, -0.25) is 4.79 Å². The Balaban J connectivity index is 0. The third-order valence-electron chi connectivity index (χ3n) is 2.71. The van der Waals surface area contributed by atoms with Gasteiger partial charge in [-0.25, -0.2) is 0 Å². The van der Waals surface area contributed by atoms with E-state index in [9.17, 15) is 4.79 Å². The molecule has 0 aliphatic heterocycles. The lowest BCUT2D eigenvalue weighted by Crippen LogP contribution is -2.27. The minimum Gasteiger partial charge on any atom is -0.378 e. The van der Waals surface area contributed by atoms with E-state index in [0.29, 0.717) is 72.0 Å². The molecule has 0 atom stereocenters. The highest BCUT2D eigenvalue weighted by Crippen LogP contribution is 1.83. The van der Waals surface area contributed by atoms with Crippen molar-refractivity contribution in [2.75, 3.05) is 72.5 Å². The van der Waals surface area contributed by atoms with E-state index in [-0.39, 0.29) is 5.78 Å². The van der Waals surface area contributed by atoms with Gasteiger partial charge < -0.3 is 29.6 Å². The Morgan fingerprint density at radius 3 is 1.56 bits per heavy atom. The molecular formula is C18H40N2O5. The first-order chi connectivity index (χ1) is 12.1. The van der Waals surface area contributed by atoms with Gasteiger partial charge >= 0.3 is 0 Å². The monoisotopic (exact) mass is 364 g/mol. The van der Waals surface area contributed by atoms with Gasteiger partial charge in [0, 0.05) is 19.1 Å². The Kier molecular flexibility index (Phi) is 25.0. The summed E-state index contributed by atoms with van der Waals surface area (Å²) in [5.74, 6) is 0.131. The van der Waals surface area contributed by atoms with Crippen molar-refractivity contribution < 1.29 is 23.7 Å². The van der Waals surface area contributed by atoms with E-state index >= 15 is 0 Å². The molecule has 0 spiro atoms. The number of hydrogen-bond acceptors (Lipinski definition) is 7. The van der Waals surface area contributed by atoms with Gasteiger partial charge in [-0.15, -0.1) is 0 Å². The van der Waals surface area contributed by atoms with Crippen LogP contribution in [0.1, 0.15) is 34.6 Å². The molecule has 0 saturated heterocycles. The number of nitrogens with one attached hydrogen (secondary N) is 2. The van der Waals surface area contributed by atoms with E-state index < -0.39 is 0 Å². The maximum Gasteiger partial charge on any atom is 0.143 e. The number of ether oxygens (including phenoxy) is 4. The average molecular weight is 365 g/mol. The molecule has 0 bridgehead atoms. The predicted octanol–water partition coefficient (Wildman–Crippen LogP) is 1.26. The topological polar surface area (TPSA) is 78.1 Å². The van der Waals surface area contributed by atoms with E-state index in [1.165, 1.54) is 0 Å². The van der Waals surface area contributed by atoms with Crippen LogP contribution >= 0.6 is 0 Å². The molecule has 0 unspecified atom stereocenters. The van der Waals surface area contributed by atoms with E-state index in [1.54, 1.807) is 6.92 Å². The molecular weight excluding hydrogens is 324 g/mol. The van der Waals surface area contributed by atoms with Gasteiger partial charge in [0.2, 0.25) is 0 Å². The molecule has 7 nitrogen and oxygen atoms in total. The summed E-state index contributed by atoms with van der Waals surface area (Å²) in [6, 6.07) is 0.493. The average Bonchev–Trinajstić information content (AvgIpc) is 2.59. The van der Waals surface area contributed by atoms with Gasteiger partial charge in [-0.2, -0.15) is 0 Å². The summed E-state index contributed by atoms with van der Waals surface area (Å²) < 4.78 is 21.5. The number of rotatable bonds is 18. The maximum absolute atomic E-state index is 10.7. The Hall–Kier alpha value is -0.570. The molecule has 0 aromatic rings. The van der Waals surface area contributed by atoms with Crippen molar-refractivity contribution >= 4 is 5.78 Å². The van der Waals surface area contributed by atoms with Crippen LogP contribution in [-0.4, -0.2) is 84.3 Å². The summed E-state index contributed by atoms with van der Waals surface area (Å²) in [5.41, 5.74) is 0. The Morgan fingerprint density at radius 2 is 1.16 bits per heavy atom. The summed E-state index contributed by atoms with van der Waals surface area (Å²) in [5, 5.41) is 6.26. The molecule has 2 N–H and O–H groups in total. The summed E-state index contributed by atoms with van der Waals surface area (Å²) in [6.07, 6.45) is 0. The van der Waals surface area contributed by atoms with Crippen molar-refractivity contribution in [2.24, 2.45) is 0 Å². The number of carbonyl (C=O) groups is 1. The van der Waals surface area contributed by atoms with Crippen LogP contribution < -0.4 is 10.6 Å². The molecule has 0 heterocycles. The van der Waals surface area contributed by atoms with E-state index in [2.05, 4.69) is 24.5 Å². The van der Waals surface area contributed by atoms with E-state index in [4.69, 9.17) is 18.9 Å². The minimum atomic E-state index is 0.131. The first-order valence-electron chi connectivity index (χ1n) is 9.37. The fraction of sp³-hybridized carbons (Fsp3) is 0.944. The maximum atomic E-state index is 10.7. The van der Waals surface area contributed by atoms with Crippen molar-refractivity contribution in [3.05, 3.63) is 0 Å². The van der Waals surface area contributed by atoms with Gasteiger partial charge in [-0.1, -0.05) is 27.7 Å². The Labute approximate surface area is 154 Å². The molecule has 0 aromatic carbocycles. The molecule has 7 heteroatoms. The molecule has 0 aromatic heterocycles. The normalized spacial score (nSPS) is 10.6. The highest BCUT2D eigenvalue weighted by atomic mass is 16.6. The van der Waals surface area contributed by atoms with Crippen LogP contribution in [0.15, 0.2) is 0 Å². The van der Waals surface area contributed by atoms with E-state index in [0.717, 1.165) is 6.54 Å². The third kappa shape index (κ3) is 28.5. The van der Waals surface area contributed by atoms with Crippen molar-refractivity contribution in [2.45, 2.75) is 40.7 Å². The largest absolute Gasteiger partial charge is 0.378 e. The Morgan fingerprint density at radius 1 is 0.760 bits per heavy atom. The quantitative estimate of drug-likeness (QED) is 0.355. The van der Waals surface area contributed by atoms with Gasteiger partial charge in [-0.05, 0) is 6.92 Å². The van der Waals surface area contributed by atoms with E-state index in [1.807, 2.05) is 13.8 Å². The number of Topliss-reactive ketones (excluding diaryl/α,β-unsaturated/α-hetero) is 1. The standard InChI is InChI=1S/C16H34N2O5.C2H6/c1-15(2)18-5-7-21-9-11-23-13-12-22-10-8-20-6-4-17-14-16(3)19;1-2/h15,17-18H,4-14H2,1-3H3;1-2H3. The SMILES string of the molecule is CC.CC(=O)CNCCOCCOCCOCCOCCNC(C)C. The van der Waals surface area contributed by atoms with Crippen LogP contribution in [0.5, 0.6) is 0 Å².